The van der Waals surface area contributed by atoms with Crippen LogP contribution in [0.1, 0.15) is 50.6 Å². The van der Waals surface area contributed by atoms with E-state index in [9.17, 15) is 17.6 Å². The van der Waals surface area contributed by atoms with Gasteiger partial charge in [-0.1, -0.05) is 25.3 Å². The average molecular weight is 479 g/mol. The Hall–Kier alpha value is -2.65. The molecule has 9 heteroatoms. The maximum Gasteiger partial charge on any atom is 0.243 e. The lowest BCUT2D eigenvalue weighted by Gasteiger charge is -2.33. The number of carbonyl (C=O) groups is 1. The molecule has 2 aromatic rings. The first kappa shape index (κ1) is 25.0. The highest BCUT2D eigenvalue weighted by Crippen LogP contribution is 2.30. The highest BCUT2D eigenvalue weighted by Gasteiger charge is 2.34. The van der Waals surface area contributed by atoms with Gasteiger partial charge in [0.25, 0.3) is 0 Å². The quantitative estimate of drug-likeness (QED) is 0.588. The van der Waals surface area contributed by atoms with Crippen LogP contribution in [0.2, 0.25) is 0 Å². The van der Waals surface area contributed by atoms with Crippen molar-refractivity contribution in [3.63, 3.8) is 0 Å². The molecule has 0 spiro atoms. The molecule has 0 unspecified atom stereocenters. The van der Waals surface area contributed by atoms with Gasteiger partial charge in [0.2, 0.25) is 15.9 Å². The maximum atomic E-state index is 13.4. The summed E-state index contributed by atoms with van der Waals surface area (Å²) in [6, 6.07) is 9.42. The zero-order valence-corrected chi connectivity index (χ0v) is 20.0. The minimum atomic E-state index is -3.96. The summed E-state index contributed by atoms with van der Waals surface area (Å²) in [6.07, 6.45) is 4.24. The van der Waals surface area contributed by atoms with Gasteiger partial charge in [-0.25, -0.2) is 12.8 Å². The lowest BCUT2D eigenvalue weighted by atomic mass is 9.95. The SMILES string of the molecule is COc1ccc([C@@H](C)NC(=O)CN(C2CCCCC2)S(=O)(=O)c2ccc(F)cc2)cc1OC. The molecule has 180 valence electrons. The Bertz CT molecular complexity index is 1050. The van der Waals surface area contributed by atoms with E-state index in [-0.39, 0.29) is 23.5 Å². The molecule has 0 bridgehead atoms. The van der Waals surface area contributed by atoms with Gasteiger partial charge in [-0.3, -0.25) is 4.79 Å². The summed E-state index contributed by atoms with van der Waals surface area (Å²) in [6.45, 7) is 1.51. The first-order chi connectivity index (χ1) is 15.8. The van der Waals surface area contributed by atoms with Crippen molar-refractivity contribution in [3.8, 4) is 11.5 Å². The summed E-state index contributed by atoms with van der Waals surface area (Å²) in [5.41, 5.74) is 0.798. The first-order valence-corrected chi connectivity index (χ1v) is 12.5. The summed E-state index contributed by atoms with van der Waals surface area (Å²) in [4.78, 5) is 12.9. The van der Waals surface area contributed by atoms with Crippen LogP contribution < -0.4 is 14.8 Å². The minimum Gasteiger partial charge on any atom is -0.493 e. The second-order valence-electron chi connectivity index (χ2n) is 8.20. The molecule has 1 saturated carbocycles. The van der Waals surface area contributed by atoms with E-state index in [1.165, 1.54) is 23.5 Å². The van der Waals surface area contributed by atoms with E-state index >= 15 is 0 Å². The molecule has 0 aromatic heterocycles. The van der Waals surface area contributed by atoms with Crippen LogP contribution in [0.4, 0.5) is 4.39 Å². The summed E-state index contributed by atoms with van der Waals surface area (Å²) in [7, 11) is -0.883. The molecule has 0 aliphatic heterocycles. The summed E-state index contributed by atoms with van der Waals surface area (Å²) >= 11 is 0. The molecule has 33 heavy (non-hydrogen) atoms. The zero-order valence-electron chi connectivity index (χ0n) is 19.2. The fraction of sp³-hybridized carbons (Fsp3) is 0.458. The molecule has 1 aliphatic carbocycles. The predicted octanol–water partition coefficient (Wildman–Crippen LogP) is 4.04. The number of benzene rings is 2. The number of nitrogens with one attached hydrogen (secondary N) is 1. The fourth-order valence-electron chi connectivity index (χ4n) is 4.16. The number of ether oxygens (including phenoxy) is 2. The van der Waals surface area contributed by atoms with Gasteiger partial charge in [0.15, 0.2) is 11.5 Å². The Morgan fingerprint density at radius 1 is 1.06 bits per heavy atom. The molecule has 2 aromatic carbocycles. The average Bonchev–Trinajstić information content (AvgIpc) is 2.82. The number of halogens is 1. The van der Waals surface area contributed by atoms with Crippen molar-refractivity contribution in [2.45, 2.75) is 56.0 Å². The lowest BCUT2D eigenvalue weighted by molar-refractivity contribution is -0.122. The highest BCUT2D eigenvalue weighted by molar-refractivity contribution is 7.89. The number of methoxy groups -OCH3 is 2. The van der Waals surface area contributed by atoms with Crippen molar-refractivity contribution < 1.29 is 27.1 Å². The van der Waals surface area contributed by atoms with Crippen molar-refractivity contribution in [3.05, 3.63) is 53.8 Å². The molecule has 1 atom stereocenters. The van der Waals surface area contributed by atoms with Crippen LogP contribution >= 0.6 is 0 Å². The molecular weight excluding hydrogens is 447 g/mol. The van der Waals surface area contributed by atoms with Gasteiger partial charge in [0, 0.05) is 6.04 Å². The van der Waals surface area contributed by atoms with E-state index in [1.54, 1.807) is 19.2 Å². The Kier molecular flexibility index (Phi) is 8.31. The van der Waals surface area contributed by atoms with Crippen molar-refractivity contribution in [2.75, 3.05) is 20.8 Å². The standard InChI is InChI=1S/C24H31FN2O5S/c1-17(18-9-14-22(31-2)23(15-18)32-3)26-24(28)16-27(20-7-5-4-6-8-20)33(29,30)21-12-10-19(25)11-13-21/h9-15,17,20H,4-8,16H2,1-3H3,(H,26,28)/t17-/m1/s1. The van der Waals surface area contributed by atoms with Crippen LogP contribution in [0, 0.1) is 5.82 Å². The Labute approximate surface area is 194 Å². The van der Waals surface area contributed by atoms with Crippen molar-refractivity contribution in [1.82, 2.24) is 9.62 Å². The Balaban J connectivity index is 1.79. The molecule has 0 radical (unpaired) electrons. The number of sulfonamides is 1. The third kappa shape index (κ3) is 6.03. The van der Waals surface area contributed by atoms with Crippen LogP contribution in [-0.4, -0.2) is 45.4 Å². The number of nitrogens with zero attached hydrogens (tertiary/aromatic N) is 1. The Morgan fingerprint density at radius 2 is 1.70 bits per heavy atom. The Morgan fingerprint density at radius 3 is 2.30 bits per heavy atom. The van der Waals surface area contributed by atoms with Crippen molar-refractivity contribution in [1.29, 1.82) is 0 Å². The molecule has 1 fully saturated rings. The monoisotopic (exact) mass is 478 g/mol. The van der Waals surface area contributed by atoms with E-state index in [4.69, 9.17) is 9.47 Å². The number of hydrogen-bond acceptors (Lipinski definition) is 5. The largest absolute Gasteiger partial charge is 0.493 e. The number of amides is 1. The van der Waals surface area contributed by atoms with Gasteiger partial charge in [-0.15, -0.1) is 0 Å². The molecule has 0 saturated heterocycles. The minimum absolute atomic E-state index is 0.0183. The third-order valence-corrected chi connectivity index (χ3v) is 7.90. The van der Waals surface area contributed by atoms with Crippen LogP contribution in [0.3, 0.4) is 0 Å². The lowest BCUT2D eigenvalue weighted by Crippen LogP contribution is -2.47. The predicted molar refractivity (Wildman–Crippen MR) is 123 cm³/mol. The molecule has 1 aliphatic rings. The fourth-order valence-corrected chi connectivity index (χ4v) is 5.80. The molecule has 1 N–H and O–H groups in total. The van der Waals surface area contributed by atoms with Gasteiger partial charge in [0.05, 0.1) is 31.7 Å². The van der Waals surface area contributed by atoms with E-state index in [2.05, 4.69) is 5.32 Å². The third-order valence-electron chi connectivity index (χ3n) is 5.99. The van der Waals surface area contributed by atoms with Gasteiger partial charge < -0.3 is 14.8 Å². The molecule has 7 nitrogen and oxygen atoms in total. The number of rotatable bonds is 9. The summed E-state index contributed by atoms with van der Waals surface area (Å²) in [5, 5.41) is 2.89. The van der Waals surface area contributed by atoms with E-state index in [0.717, 1.165) is 37.0 Å². The van der Waals surface area contributed by atoms with E-state index < -0.39 is 21.7 Å². The second kappa shape index (κ2) is 11.0. The van der Waals surface area contributed by atoms with E-state index in [0.29, 0.717) is 24.3 Å². The number of hydrogen-bond donors (Lipinski definition) is 1. The molecule has 0 heterocycles. The van der Waals surface area contributed by atoms with Gasteiger partial charge >= 0.3 is 0 Å². The van der Waals surface area contributed by atoms with Crippen molar-refractivity contribution >= 4 is 15.9 Å². The summed E-state index contributed by atoms with van der Waals surface area (Å²) < 4.78 is 52.0. The maximum absolute atomic E-state index is 13.4. The van der Waals surface area contributed by atoms with Crippen LogP contribution in [-0.2, 0) is 14.8 Å². The highest BCUT2D eigenvalue weighted by atomic mass is 32.2. The normalized spacial score (nSPS) is 15.8. The molecule has 3 rings (SSSR count). The molecular formula is C24H31FN2O5S. The number of carbonyl (C=O) groups excluding carboxylic acids is 1. The van der Waals surface area contributed by atoms with Gasteiger partial charge in [-0.2, -0.15) is 4.31 Å². The summed E-state index contributed by atoms with van der Waals surface area (Å²) in [5.74, 6) is 0.195. The van der Waals surface area contributed by atoms with Crippen LogP contribution in [0.15, 0.2) is 47.4 Å². The van der Waals surface area contributed by atoms with E-state index in [1.807, 2.05) is 13.0 Å². The smallest absolute Gasteiger partial charge is 0.243 e. The van der Waals surface area contributed by atoms with Crippen molar-refractivity contribution in [2.24, 2.45) is 0 Å². The van der Waals surface area contributed by atoms with Crippen LogP contribution in [0.25, 0.3) is 0 Å². The topological polar surface area (TPSA) is 84.9 Å². The first-order valence-electron chi connectivity index (χ1n) is 11.0. The second-order valence-corrected chi connectivity index (χ2v) is 10.1. The zero-order chi connectivity index (χ0) is 24.0. The van der Waals surface area contributed by atoms with Crippen LogP contribution in [0.5, 0.6) is 11.5 Å². The molecule has 1 amide bonds. The van der Waals surface area contributed by atoms with Gasteiger partial charge in [-0.05, 0) is 61.7 Å². The van der Waals surface area contributed by atoms with Gasteiger partial charge in [0.1, 0.15) is 5.82 Å².